The SMILES string of the molecule is C#Cn1cc(Br)nc(SC)c1=NC. The van der Waals surface area contributed by atoms with Crippen LogP contribution in [-0.2, 0) is 0 Å². The maximum absolute atomic E-state index is 5.31. The number of hydrogen-bond donors (Lipinski definition) is 0. The smallest absolute Gasteiger partial charge is 0.172 e. The van der Waals surface area contributed by atoms with Crippen molar-refractivity contribution < 1.29 is 0 Å². The maximum Gasteiger partial charge on any atom is 0.172 e. The molecule has 5 heteroatoms. The average molecular weight is 258 g/mol. The Morgan fingerprint density at radius 1 is 1.77 bits per heavy atom. The average Bonchev–Trinajstić information content (AvgIpc) is 2.16. The predicted molar refractivity (Wildman–Crippen MR) is 57.4 cm³/mol. The Labute approximate surface area is 89.4 Å². The van der Waals surface area contributed by atoms with Gasteiger partial charge in [-0.2, -0.15) is 0 Å². The van der Waals surface area contributed by atoms with Crippen LogP contribution in [0.4, 0.5) is 0 Å². The predicted octanol–water partition coefficient (Wildman–Crippen LogP) is 1.34. The van der Waals surface area contributed by atoms with Gasteiger partial charge in [0.25, 0.3) is 0 Å². The van der Waals surface area contributed by atoms with Crippen LogP contribution in [0.15, 0.2) is 20.8 Å². The molecule has 0 saturated heterocycles. The molecule has 0 spiro atoms. The second kappa shape index (κ2) is 4.49. The van der Waals surface area contributed by atoms with E-state index in [4.69, 9.17) is 6.42 Å². The lowest BCUT2D eigenvalue weighted by molar-refractivity contribution is 0.849. The summed E-state index contributed by atoms with van der Waals surface area (Å²) in [5, 5.41) is 0.815. The molecule has 0 saturated carbocycles. The minimum atomic E-state index is 0.707. The number of terminal acetylenes is 1. The lowest BCUT2D eigenvalue weighted by Gasteiger charge is -2.02. The summed E-state index contributed by atoms with van der Waals surface area (Å²) in [6.07, 6.45) is 8.96. The van der Waals surface area contributed by atoms with E-state index in [0.29, 0.717) is 10.1 Å². The van der Waals surface area contributed by atoms with Crippen molar-refractivity contribution in [2.24, 2.45) is 4.99 Å². The number of halogens is 1. The Hall–Kier alpha value is -0.730. The lowest BCUT2D eigenvalue weighted by Crippen LogP contribution is -2.21. The third-order valence-corrected chi connectivity index (χ3v) is 2.45. The van der Waals surface area contributed by atoms with Gasteiger partial charge in [-0.1, -0.05) is 6.42 Å². The maximum atomic E-state index is 5.31. The molecule has 1 aromatic rings. The number of hydrogen-bond acceptors (Lipinski definition) is 3. The topological polar surface area (TPSA) is 30.2 Å². The normalized spacial score (nSPS) is 11.4. The van der Waals surface area contributed by atoms with E-state index < -0.39 is 0 Å². The highest BCUT2D eigenvalue weighted by Crippen LogP contribution is 2.10. The van der Waals surface area contributed by atoms with Crippen molar-refractivity contribution in [2.75, 3.05) is 13.3 Å². The van der Waals surface area contributed by atoms with Crippen LogP contribution in [0.1, 0.15) is 0 Å². The highest BCUT2D eigenvalue weighted by atomic mass is 79.9. The molecule has 3 nitrogen and oxygen atoms in total. The molecule has 0 bridgehead atoms. The third-order valence-electron chi connectivity index (χ3n) is 1.41. The second-order valence-electron chi connectivity index (χ2n) is 2.12. The van der Waals surface area contributed by atoms with E-state index in [0.717, 1.165) is 5.03 Å². The number of aromatic nitrogens is 2. The molecule has 1 heterocycles. The van der Waals surface area contributed by atoms with Crippen LogP contribution in [0.5, 0.6) is 0 Å². The van der Waals surface area contributed by atoms with Crippen LogP contribution in [0, 0.1) is 12.5 Å². The Balaban J connectivity index is 3.56. The van der Waals surface area contributed by atoms with E-state index in [1.807, 2.05) is 6.26 Å². The molecule has 0 unspecified atom stereocenters. The summed E-state index contributed by atoms with van der Waals surface area (Å²) in [5.74, 6) is 0. The highest BCUT2D eigenvalue weighted by Gasteiger charge is 2.01. The zero-order valence-corrected chi connectivity index (χ0v) is 9.69. The zero-order chi connectivity index (χ0) is 9.84. The van der Waals surface area contributed by atoms with Crippen molar-refractivity contribution >= 4 is 27.7 Å². The molecule has 0 aliphatic heterocycles. The van der Waals surface area contributed by atoms with Gasteiger partial charge in [0.05, 0.1) is 6.20 Å². The number of thioether (sulfide) groups is 1. The van der Waals surface area contributed by atoms with Crippen LogP contribution < -0.4 is 5.49 Å². The van der Waals surface area contributed by atoms with E-state index >= 15 is 0 Å². The standard InChI is InChI=1S/C8H8BrN3S/c1-4-12-5-6(9)11-8(13-3)7(12)10-2/h1,5H,2-3H3. The van der Waals surface area contributed by atoms with E-state index in [9.17, 15) is 0 Å². The molecule has 0 atom stereocenters. The van der Waals surface area contributed by atoms with E-state index in [1.165, 1.54) is 11.8 Å². The molecule has 0 radical (unpaired) electrons. The molecule has 0 aromatic carbocycles. The van der Waals surface area contributed by atoms with Gasteiger partial charge in [0.1, 0.15) is 9.63 Å². The molecule has 0 fully saturated rings. The Morgan fingerprint density at radius 2 is 2.46 bits per heavy atom. The summed E-state index contributed by atoms with van der Waals surface area (Å²) in [5.41, 5.74) is 0.707. The van der Waals surface area contributed by atoms with Crippen LogP contribution in [0.3, 0.4) is 0 Å². The Morgan fingerprint density at radius 3 is 2.92 bits per heavy atom. The Kier molecular flexibility index (Phi) is 3.58. The minimum Gasteiger partial charge on any atom is -0.268 e. The number of rotatable bonds is 1. The quantitative estimate of drug-likeness (QED) is 0.562. The van der Waals surface area contributed by atoms with E-state index in [-0.39, 0.29) is 0 Å². The molecule has 0 amide bonds. The van der Waals surface area contributed by atoms with Crippen LogP contribution in [0.25, 0.3) is 0 Å². The monoisotopic (exact) mass is 257 g/mol. The first-order valence-corrected chi connectivity index (χ1v) is 5.47. The molecular weight excluding hydrogens is 250 g/mol. The fourth-order valence-electron chi connectivity index (χ4n) is 0.885. The van der Waals surface area contributed by atoms with Crippen molar-refractivity contribution in [3.63, 3.8) is 0 Å². The van der Waals surface area contributed by atoms with Gasteiger partial charge in [-0.3, -0.25) is 9.56 Å². The minimum absolute atomic E-state index is 0.707. The third kappa shape index (κ3) is 2.14. The molecule has 0 N–H and O–H groups in total. The van der Waals surface area contributed by atoms with Crippen molar-refractivity contribution in [1.82, 2.24) is 9.55 Å². The first kappa shape index (κ1) is 10.4. The van der Waals surface area contributed by atoms with Gasteiger partial charge in [-0.05, 0) is 22.2 Å². The van der Waals surface area contributed by atoms with E-state index in [1.54, 1.807) is 17.8 Å². The summed E-state index contributed by atoms with van der Waals surface area (Å²) in [7, 11) is 1.69. The summed E-state index contributed by atoms with van der Waals surface area (Å²) < 4.78 is 2.31. The largest absolute Gasteiger partial charge is 0.268 e. The molecular formula is C8H8BrN3S. The Bertz CT molecular complexity index is 416. The number of nitrogens with zero attached hydrogens (tertiary/aromatic N) is 3. The first-order chi connectivity index (χ1) is 6.22. The molecule has 1 aromatic heterocycles. The molecule has 68 valence electrons. The van der Waals surface area contributed by atoms with Crippen LogP contribution in [-0.4, -0.2) is 22.9 Å². The van der Waals surface area contributed by atoms with Crippen LogP contribution >= 0.6 is 27.7 Å². The zero-order valence-electron chi connectivity index (χ0n) is 7.28. The van der Waals surface area contributed by atoms with Gasteiger partial charge in [0.15, 0.2) is 5.49 Å². The van der Waals surface area contributed by atoms with E-state index in [2.05, 4.69) is 32.0 Å². The fraction of sp³-hybridized carbons (Fsp3) is 0.250. The highest BCUT2D eigenvalue weighted by molar-refractivity contribution is 9.10. The first-order valence-electron chi connectivity index (χ1n) is 3.45. The summed E-state index contributed by atoms with van der Waals surface area (Å²) in [6.45, 7) is 0. The summed E-state index contributed by atoms with van der Waals surface area (Å²) >= 11 is 4.79. The van der Waals surface area contributed by atoms with Gasteiger partial charge in [0.2, 0.25) is 0 Å². The molecule has 0 aliphatic carbocycles. The molecule has 0 aliphatic rings. The fourth-order valence-corrected chi connectivity index (χ4v) is 1.95. The van der Waals surface area contributed by atoms with Crippen molar-refractivity contribution in [3.05, 3.63) is 16.3 Å². The van der Waals surface area contributed by atoms with Gasteiger partial charge >= 0.3 is 0 Å². The van der Waals surface area contributed by atoms with Crippen molar-refractivity contribution in [1.29, 1.82) is 0 Å². The molecule has 13 heavy (non-hydrogen) atoms. The van der Waals surface area contributed by atoms with Gasteiger partial charge in [-0.15, -0.1) is 11.8 Å². The van der Waals surface area contributed by atoms with Crippen molar-refractivity contribution in [2.45, 2.75) is 5.03 Å². The van der Waals surface area contributed by atoms with Gasteiger partial charge in [0, 0.05) is 13.1 Å². The van der Waals surface area contributed by atoms with Gasteiger partial charge < -0.3 is 0 Å². The summed E-state index contributed by atoms with van der Waals surface area (Å²) in [6, 6.07) is 2.50. The second-order valence-corrected chi connectivity index (χ2v) is 3.73. The van der Waals surface area contributed by atoms with Crippen LogP contribution in [0.2, 0.25) is 0 Å². The summed E-state index contributed by atoms with van der Waals surface area (Å²) in [4.78, 5) is 8.31. The van der Waals surface area contributed by atoms with Gasteiger partial charge in [-0.25, -0.2) is 4.98 Å². The lowest BCUT2D eigenvalue weighted by atomic mass is 10.6. The van der Waals surface area contributed by atoms with Crippen molar-refractivity contribution in [3.8, 4) is 12.5 Å². The molecule has 1 rings (SSSR count).